The molecule has 22 heavy (non-hydrogen) atoms. The van der Waals surface area contributed by atoms with Gasteiger partial charge in [0.25, 0.3) is 0 Å². The molecule has 6 heteroatoms. The summed E-state index contributed by atoms with van der Waals surface area (Å²) in [7, 11) is 3.31. The molecule has 0 bridgehead atoms. The average molecular weight is 460 g/mol. The molecular formula is C16H12Br2O2S2. The Kier molecular flexibility index (Phi) is 4.92. The van der Waals surface area contributed by atoms with E-state index in [1.165, 1.54) is 0 Å². The zero-order valence-corrected chi connectivity index (χ0v) is 16.7. The van der Waals surface area contributed by atoms with Gasteiger partial charge in [0.15, 0.2) is 11.5 Å². The first-order valence-corrected chi connectivity index (χ1v) is 9.73. The number of ether oxygens (including phenoxy) is 2. The maximum atomic E-state index is 5.47. The standard InChI is InChI=1S/C16H12Br2O2S2/c1-19-13-7-11(9-3-5-21-15(9)17)12(8-14(13)20-2)10-4-6-22-16(10)18/h3-8H,1-2H3. The van der Waals surface area contributed by atoms with Crippen molar-refractivity contribution in [1.29, 1.82) is 0 Å². The summed E-state index contributed by atoms with van der Waals surface area (Å²) in [6.45, 7) is 0. The Hall–Kier alpha value is -0.820. The van der Waals surface area contributed by atoms with Crippen LogP contribution in [0.4, 0.5) is 0 Å². The van der Waals surface area contributed by atoms with E-state index in [2.05, 4.69) is 54.8 Å². The summed E-state index contributed by atoms with van der Waals surface area (Å²) in [4.78, 5) is 0. The molecule has 0 radical (unpaired) electrons. The molecule has 0 aliphatic heterocycles. The maximum Gasteiger partial charge on any atom is 0.161 e. The molecule has 0 spiro atoms. The zero-order valence-electron chi connectivity index (χ0n) is 11.9. The summed E-state index contributed by atoms with van der Waals surface area (Å²) in [6.07, 6.45) is 0. The van der Waals surface area contributed by atoms with Crippen molar-refractivity contribution >= 4 is 54.5 Å². The quantitative estimate of drug-likeness (QED) is 0.432. The number of hydrogen-bond acceptors (Lipinski definition) is 4. The lowest BCUT2D eigenvalue weighted by Crippen LogP contribution is -1.93. The monoisotopic (exact) mass is 458 g/mol. The van der Waals surface area contributed by atoms with Gasteiger partial charge in [-0.05, 0) is 78.0 Å². The van der Waals surface area contributed by atoms with Crippen LogP contribution in [0.5, 0.6) is 11.5 Å². The molecule has 0 fully saturated rings. The van der Waals surface area contributed by atoms with Gasteiger partial charge >= 0.3 is 0 Å². The number of rotatable bonds is 4. The minimum absolute atomic E-state index is 0.728. The van der Waals surface area contributed by atoms with E-state index in [0.29, 0.717) is 0 Å². The first-order valence-electron chi connectivity index (χ1n) is 6.38. The minimum Gasteiger partial charge on any atom is -0.493 e. The molecule has 2 nitrogen and oxygen atoms in total. The molecular weight excluding hydrogens is 448 g/mol. The summed E-state index contributed by atoms with van der Waals surface area (Å²) in [5, 5.41) is 4.14. The van der Waals surface area contributed by atoms with Crippen LogP contribution in [-0.4, -0.2) is 14.2 Å². The van der Waals surface area contributed by atoms with Crippen LogP contribution in [0.15, 0.2) is 42.6 Å². The molecule has 0 aliphatic carbocycles. The van der Waals surface area contributed by atoms with E-state index in [1.807, 2.05) is 12.1 Å². The number of hydrogen-bond donors (Lipinski definition) is 0. The number of methoxy groups -OCH3 is 2. The van der Waals surface area contributed by atoms with Gasteiger partial charge < -0.3 is 9.47 Å². The summed E-state index contributed by atoms with van der Waals surface area (Å²) in [5.74, 6) is 1.46. The van der Waals surface area contributed by atoms with Crippen LogP contribution >= 0.6 is 54.5 Å². The Bertz CT molecular complexity index is 741. The highest BCUT2D eigenvalue weighted by Gasteiger charge is 2.18. The second-order valence-corrected chi connectivity index (χ2v) is 8.94. The van der Waals surface area contributed by atoms with Gasteiger partial charge in [0.2, 0.25) is 0 Å². The van der Waals surface area contributed by atoms with Crippen molar-refractivity contribution in [3.05, 3.63) is 42.6 Å². The molecule has 0 unspecified atom stereocenters. The minimum atomic E-state index is 0.728. The average Bonchev–Trinajstić information content (AvgIpc) is 3.14. The molecule has 3 aromatic rings. The van der Waals surface area contributed by atoms with E-state index in [9.17, 15) is 0 Å². The van der Waals surface area contributed by atoms with Gasteiger partial charge in [-0.25, -0.2) is 0 Å². The Morgan fingerprint density at radius 3 is 1.41 bits per heavy atom. The first kappa shape index (κ1) is 16.1. The molecule has 2 heterocycles. The fraction of sp³-hybridized carbons (Fsp3) is 0.125. The first-order chi connectivity index (χ1) is 10.7. The predicted molar refractivity (Wildman–Crippen MR) is 102 cm³/mol. The third kappa shape index (κ3) is 2.85. The Balaban J connectivity index is 2.31. The summed E-state index contributed by atoms with van der Waals surface area (Å²) >= 11 is 10.6. The number of thiophene rings is 2. The summed E-state index contributed by atoms with van der Waals surface area (Å²) < 4.78 is 13.2. The lowest BCUT2D eigenvalue weighted by Gasteiger charge is -2.15. The van der Waals surface area contributed by atoms with Crippen LogP contribution in [0.2, 0.25) is 0 Å². The predicted octanol–water partition coefficient (Wildman–Crippen LogP) is 6.69. The molecule has 0 saturated carbocycles. The SMILES string of the molecule is COc1cc(-c2ccsc2Br)c(-c2ccsc2Br)cc1OC. The molecule has 3 rings (SSSR count). The van der Waals surface area contributed by atoms with Crippen LogP contribution in [0.25, 0.3) is 22.3 Å². The maximum absolute atomic E-state index is 5.47. The number of benzene rings is 1. The molecule has 0 atom stereocenters. The van der Waals surface area contributed by atoms with Gasteiger partial charge in [-0.2, -0.15) is 0 Å². The normalized spacial score (nSPS) is 10.7. The van der Waals surface area contributed by atoms with Gasteiger partial charge in [0.1, 0.15) is 0 Å². The topological polar surface area (TPSA) is 18.5 Å². The van der Waals surface area contributed by atoms with Crippen molar-refractivity contribution in [3.63, 3.8) is 0 Å². The highest BCUT2D eigenvalue weighted by Crippen LogP contribution is 2.46. The van der Waals surface area contributed by atoms with Crippen molar-refractivity contribution in [2.75, 3.05) is 14.2 Å². The van der Waals surface area contributed by atoms with Crippen LogP contribution in [0, 0.1) is 0 Å². The van der Waals surface area contributed by atoms with Crippen LogP contribution in [0.1, 0.15) is 0 Å². The van der Waals surface area contributed by atoms with E-state index in [-0.39, 0.29) is 0 Å². The molecule has 1 aromatic carbocycles. The van der Waals surface area contributed by atoms with E-state index in [1.54, 1.807) is 36.9 Å². The largest absolute Gasteiger partial charge is 0.493 e. The van der Waals surface area contributed by atoms with E-state index >= 15 is 0 Å². The zero-order chi connectivity index (χ0) is 15.7. The van der Waals surface area contributed by atoms with Gasteiger partial charge in [-0.3, -0.25) is 0 Å². The van der Waals surface area contributed by atoms with Crippen LogP contribution in [-0.2, 0) is 0 Å². The van der Waals surface area contributed by atoms with Gasteiger partial charge in [0, 0.05) is 11.1 Å². The smallest absolute Gasteiger partial charge is 0.161 e. The lowest BCUT2D eigenvalue weighted by molar-refractivity contribution is 0.355. The van der Waals surface area contributed by atoms with Crippen molar-refractivity contribution in [3.8, 4) is 33.8 Å². The Morgan fingerprint density at radius 2 is 1.14 bits per heavy atom. The summed E-state index contributed by atoms with van der Waals surface area (Å²) in [6, 6.07) is 8.29. The van der Waals surface area contributed by atoms with Gasteiger partial charge in [-0.15, -0.1) is 22.7 Å². The van der Waals surface area contributed by atoms with Crippen molar-refractivity contribution < 1.29 is 9.47 Å². The molecule has 0 amide bonds. The Morgan fingerprint density at radius 1 is 0.727 bits per heavy atom. The fourth-order valence-electron chi connectivity index (χ4n) is 2.30. The van der Waals surface area contributed by atoms with E-state index < -0.39 is 0 Å². The molecule has 0 saturated heterocycles. The summed E-state index contributed by atoms with van der Waals surface area (Å²) in [5.41, 5.74) is 4.54. The highest BCUT2D eigenvalue weighted by atomic mass is 79.9. The van der Waals surface area contributed by atoms with Crippen molar-refractivity contribution in [2.45, 2.75) is 0 Å². The Labute approximate surface area is 154 Å². The molecule has 114 valence electrons. The van der Waals surface area contributed by atoms with Gasteiger partial charge in [0.05, 0.1) is 21.8 Å². The molecule has 0 N–H and O–H groups in total. The third-order valence-corrected chi connectivity index (χ3v) is 6.71. The van der Waals surface area contributed by atoms with Crippen molar-refractivity contribution in [2.24, 2.45) is 0 Å². The lowest BCUT2D eigenvalue weighted by atomic mass is 9.97. The fourth-order valence-corrected chi connectivity index (χ4v) is 4.89. The second-order valence-electron chi connectivity index (χ2n) is 4.47. The van der Waals surface area contributed by atoms with Crippen LogP contribution < -0.4 is 9.47 Å². The van der Waals surface area contributed by atoms with Crippen LogP contribution in [0.3, 0.4) is 0 Å². The number of halogens is 2. The third-order valence-electron chi connectivity index (χ3n) is 3.34. The molecule has 0 aliphatic rings. The van der Waals surface area contributed by atoms with E-state index in [0.717, 1.165) is 41.3 Å². The second kappa shape index (κ2) is 6.74. The van der Waals surface area contributed by atoms with E-state index in [4.69, 9.17) is 9.47 Å². The van der Waals surface area contributed by atoms with Gasteiger partial charge in [-0.1, -0.05) is 0 Å². The highest BCUT2D eigenvalue weighted by molar-refractivity contribution is 9.11. The molecule has 2 aromatic heterocycles. The van der Waals surface area contributed by atoms with Crippen molar-refractivity contribution in [1.82, 2.24) is 0 Å².